The summed E-state index contributed by atoms with van der Waals surface area (Å²) < 4.78 is 0. The largest absolute Gasteiger partial charge is 0.370 e. The van der Waals surface area contributed by atoms with Crippen LogP contribution < -0.4 is 10.2 Å². The van der Waals surface area contributed by atoms with Crippen molar-refractivity contribution in [2.24, 2.45) is 5.92 Å². The molecule has 1 aliphatic heterocycles. The number of H-pyrrole nitrogens is 1. The lowest BCUT2D eigenvalue weighted by Crippen LogP contribution is -2.40. The second-order valence-electron chi connectivity index (χ2n) is 8.17. The molecule has 1 aliphatic rings. The molecule has 0 aliphatic carbocycles. The Kier molecular flexibility index (Phi) is 5.12. The van der Waals surface area contributed by atoms with Crippen molar-refractivity contribution in [1.82, 2.24) is 15.0 Å². The van der Waals surface area contributed by atoms with E-state index in [1.807, 2.05) is 30.5 Å². The number of carbonyl (C=O) groups excluding carboxylic acids is 1. The molecule has 1 fully saturated rings. The maximum absolute atomic E-state index is 13.0. The van der Waals surface area contributed by atoms with E-state index in [1.54, 1.807) is 12.5 Å². The van der Waals surface area contributed by atoms with Crippen LogP contribution in [0.1, 0.15) is 18.4 Å². The Morgan fingerprint density at radius 3 is 2.84 bits per heavy atom. The molecule has 1 atom stereocenters. The van der Waals surface area contributed by atoms with E-state index in [0.717, 1.165) is 52.9 Å². The minimum atomic E-state index is -0.0472. The molecule has 1 unspecified atom stereocenters. The zero-order valence-electron chi connectivity index (χ0n) is 17.5. The van der Waals surface area contributed by atoms with Gasteiger partial charge in [-0.3, -0.25) is 9.78 Å². The zero-order valence-corrected chi connectivity index (χ0v) is 17.5. The van der Waals surface area contributed by atoms with Crippen molar-refractivity contribution in [1.29, 1.82) is 0 Å². The molecule has 0 saturated carbocycles. The number of aromatic nitrogens is 3. The summed E-state index contributed by atoms with van der Waals surface area (Å²) in [5.41, 5.74) is 6.18. The summed E-state index contributed by atoms with van der Waals surface area (Å²) in [5.74, 6) is 0.0302. The molecule has 6 nitrogen and oxygen atoms in total. The number of anilines is 2. The fourth-order valence-electron chi connectivity index (χ4n) is 4.32. The van der Waals surface area contributed by atoms with Gasteiger partial charge in [0.05, 0.1) is 29.7 Å². The summed E-state index contributed by atoms with van der Waals surface area (Å²) in [6, 6.07) is 16.3. The van der Waals surface area contributed by atoms with Gasteiger partial charge in [-0.2, -0.15) is 0 Å². The third-order valence-corrected chi connectivity index (χ3v) is 5.97. The van der Waals surface area contributed by atoms with Crippen molar-refractivity contribution >= 4 is 28.2 Å². The minimum Gasteiger partial charge on any atom is -0.370 e. The average molecular weight is 412 g/mol. The third kappa shape index (κ3) is 4.01. The molecule has 31 heavy (non-hydrogen) atoms. The van der Waals surface area contributed by atoms with Crippen LogP contribution in [-0.4, -0.2) is 33.9 Å². The van der Waals surface area contributed by atoms with E-state index in [2.05, 4.69) is 56.4 Å². The van der Waals surface area contributed by atoms with Gasteiger partial charge in [0.1, 0.15) is 0 Å². The van der Waals surface area contributed by atoms with E-state index in [9.17, 15) is 4.79 Å². The highest BCUT2D eigenvalue weighted by atomic mass is 16.1. The number of aryl methyl sites for hydroxylation is 1. The van der Waals surface area contributed by atoms with Crippen LogP contribution in [0.3, 0.4) is 0 Å². The van der Waals surface area contributed by atoms with Crippen molar-refractivity contribution < 1.29 is 4.79 Å². The van der Waals surface area contributed by atoms with Crippen LogP contribution in [-0.2, 0) is 4.79 Å². The first-order chi connectivity index (χ1) is 15.2. The maximum atomic E-state index is 13.0. The number of aromatic amines is 1. The molecule has 0 radical (unpaired) electrons. The van der Waals surface area contributed by atoms with Crippen LogP contribution >= 0.6 is 0 Å². The molecule has 1 saturated heterocycles. The van der Waals surface area contributed by atoms with Gasteiger partial charge in [-0.05, 0) is 55.7 Å². The maximum Gasteiger partial charge on any atom is 0.229 e. The van der Waals surface area contributed by atoms with Crippen molar-refractivity contribution in [3.63, 3.8) is 0 Å². The molecule has 3 heterocycles. The summed E-state index contributed by atoms with van der Waals surface area (Å²) in [6.07, 6.45) is 7.20. The Bertz CT molecular complexity index is 1200. The molecule has 2 aromatic carbocycles. The number of amides is 1. The Morgan fingerprint density at radius 1 is 1.16 bits per heavy atom. The molecule has 1 amide bonds. The fourth-order valence-corrected chi connectivity index (χ4v) is 4.32. The van der Waals surface area contributed by atoms with Gasteiger partial charge in [0.15, 0.2) is 0 Å². The van der Waals surface area contributed by atoms with Gasteiger partial charge in [-0.1, -0.05) is 23.8 Å². The van der Waals surface area contributed by atoms with Gasteiger partial charge in [0, 0.05) is 36.0 Å². The van der Waals surface area contributed by atoms with Crippen LogP contribution in [0.25, 0.3) is 22.2 Å². The topological polar surface area (TPSA) is 73.9 Å². The molecular formula is C25H25N5O. The normalized spacial score (nSPS) is 16.4. The Morgan fingerprint density at radius 2 is 2.03 bits per heavy atom. The van der Waals surface area contributed by atoms with Gasteiger partial charge in [0.2, 0.25) is 5.91 Å². The first kappa shape index (κ1) is 19.3. The molecule has 0 bridgehead atoms. The average Bonchev–Trinajstić information content (AvgIpc) is 3.34. The van der Waals surface area contributed by atoms with Crippen molar-refractivity contribution in [3.8, 4) is 11.3 Å². The Labute approximate surface area is 181 Å². The van der Waals surface area contributed by atoms with E-state index in [0.29, 0.717) is 6.54 Å². The first-order valence-corrected chi connectivity index (χ1v) is 10.7. The standard InChI is InChI=1S/C25H25N5O/c1-17-4-9-22-21(13-17)24(10-11-27-22)30-12-2-3-19(15-30)25(31)29-20-7-5-18(6-8-20)23-14-26-16-28-23/h4-11,13-14,16,19H,2-3,12,15H2,1H3,(H,26,28)(H,29,31). The smallest absolute Gasteiger partial charge is 0.229 e. The van der Waals surface area contributed by atoms with Gasteiger partial charge in [-0.15, -0.1) is 0 Å². The number of piperidine rings is 1. The highest BCUT2D eigenvalue weighted by Gasteiger charge is 2.27. The second-order valence-corrected chi connectivity index (χ2v) is 8.17. The summed E-state index contributed by atoms with van der Waals surface area (Å²) in [5, 5.41) is 4.25. The number of nitrogens with one attached hydrogen (secondary N) is 2. The molecule has 156 valence electrons. The summed E-state index contributed by atoms with van der Waals surface area (Å²) >= 11 is 0. The molecule has 0 spiro atoms. The second kappa shape index (κ2) is 8.22. The number of hydrogen-bond donors (Lipinski definition) is 2. The zero-order chi connectivity index (χ0) is 21.2. The quantitative estimate of drug-likeness (QED) is 0.506. The van der Waals surface area contributed by atoms with Crippen molar-refractivity contribution in [2.75, 3.05) is 23.3 Å². The monoisotopic (exact) mass is 411 g/mol. The van der Waals surface area contributed by atoms with E-state index < -0.39 is 0 Å². The molecule has 4 aromatic rings. The van der Waals surface area contributed by atoms with E-state index >= 15 is 0 Å². The first-order valence-electron chi connectivity index (χ1n) is 10.7. The molecule has 2 N–H and O–H groups in total. The number of nitrogens with zero attached hydrogens (tertiary/aromatic N) is 3. The van der Waals surface area contributed by atoms with Crippen molar-refractivity contribution in [2.45, 2.75) is 19.8 Å². The summed E-state index contributed by atoms with van der Waals surface area (Å²) in [4.78, 5) is 27.0. The van der Waals surface area contributed by atoms with E-state index in [-0.39, 0.29) is 11.8 Å². The number of benzene rings is 2. The SMILES string of the molecule is Cc1ccc2nccc(N3CCCC(C(=O)Nc4ccc(-c5cnc[nH]5)cc4)C3)c2c1. The fraction of sp³-hybridized carbons (Fsp3) is 0.240. The van der Waals surface area contributed by atoms with Gasteiger partial charge in [0.25, 0.3) is 0 Å². The van der Waals surface area contributed by atoms with Crippen LogP contribution in [0.4, 0.5) is 11.4 Å². The molecule has 6 heteroatoms. The molecule has 5 rings (SSSR count). The predicted octanol–water partition coefficient (Wildman–Crippen LogP) is 4.79. The number of hydrogen-bond acceptors (Lipinski definition) is 4. The van der Waals surface area contributed by atoms with Crippen molar-refractivity contribution in [3.05, 3.63) is 72.8 Å². The summed E-state index contributed by atoms with van der Waals surface area (Å²) in [6.45, 7) is 3.76. The lowest BCUT2D eigenvalue weighted by atomic mass is 9.96. The van der Waals surface area contributed by atoms with Gasteiger partial charge in [-0.25, -0.2) is 4.98 Å². The summed E-state index contributed by atoms with van der Waals surface area (Å²) in [7, 11) is 0. The van der Waals surface area contributed by atoms with Crippen LogP contribution in [0, 0.1) is 12.8 Å². The predicted molar refractivity (Wildman–Crippen MR) is 124 cm³/mol. The molecule has 2 aromatic heterocycles. The van der Waals surface area contributed by atoms with Crippen LogP contribution in [0.5, 0.6) is 0 Å². The highest BCUT2D eigenvalue weighted by molar-refractivity contribution is 5.95. The van der Waals surface area contributed by atoms with Crippen LogP contribution in [0.15, 0.2) is 67.3 Å². The third-order valence-electron chi connectivity index (χ3n) is 5.97. The lowest BCUT2D eigenvalue weighted by Gasteiger charge is -2.34. The number of fused-ring (bicyclic) bond motifs is 1. The van der Waals surface area contributed by atoms with Crippen LogP contribution in [0.2, 0.25) is 0 Å². The Hall–Kier alpha value is -3.67. The lowest BCUT2D eigenvalue weighted by molar-refractivity contribution is -0.120. The molecular weight excluding hydrogens is 386 g/mol. The number of pyridine rings is 1. The number of imidazole rings is 1. The number of rotatable bonds is 4. The minimum absolute atomic E-state index is 0.0472. The Balaban J connectivity index is 1.30. The van der Waals surface area contributed by atoms with E-state index in [4.69, 9.17) is 0 Å². The highest BCUT2D eigenvalue weighted by Crippen LogP contribution is 2.30. The van der Waals surface area contributed by atoms with Gasteiger partial charge >= 0.3 is 0 Å². The van der Waals surface area contributed by atoms with E-state index in [1.165, 1.54) is 5.56 Å². The van der Waals surface area contributed by atoms with Gasteiger partial charge < -0.3 is 15.2 Å². The number of carbonyl (C=O) groups is 1.